The first-order chi connectivity index (χ1) is 16.6. The van der Waals surface area contributed by atoms with E-state index < -0.39 is 0 Å². The normalized spacial score (nSPS) is 13.6. The number of hydrogen-bond donors (Lipinski definition) is 1. The number of anilines is 3. The Morgan fingerprint density at radius 3 is 2.53 bits per heavy atom. The summed E-state index contributed by atoms with van der Waals surface area (Å²) in [6, 6.07) is 8.12. The summed E-state index contributed by atoms with van der Waals surface area (Å²) in [5, 5.41) is 21.1. The van der Waals surface area contributed by atoms with Gasteiger partial charge in [0.1, 0.15) is 17.4 Å². The van der Waals surface area contributed by atoms with Gasteiger partial charge >= 0.3 is 0 Å². The van der Waals surface area contributed by atoms with Crippen LogP contribution in [0.4, 0.5) is 17.2 Å². The first-order valence-electron chi connectivity index (χ1n) is 10.9. The molecule has 0 atom stereocenters. The molecular weight excluding hydrogens is 430 g/mol. The van der Waals surface area contributed by atoms with Crippen LogP contribution in [0.3, 0.4) is 0 Å². The summed E-state index contributed by atoms with van der Waals surface area (Å²) in [7, 11) is 1.89. The van der Waals surface area contributed by atoms with Crippen molar-refractivity contribution in [2.24, 2.45) is 7.05 Å². The second-order valence-electron chi connectivity index (χ2n) is 8.05. The molecule has 5 heterocycles. The van der Waals surface area contributed by atoms with E-state index in [9.17, 15) is 10.1 Å². The van der Waals surface area contributed by atoms with Gasteiger partial charge in [-0.1, -0.05) is 6.58 Å². The standard InChI is InChI=1S/C24H23N9O/c1-3-23(34)29-20-4-5-22(26-14-20)32-8-6-31(7-9-32)21-10-17(19-13-27-30(2)15-19)16-33-24(21)18(11-25)12-28-33/h3-5,10,12-16H,1,6-9H2,2H3,(H,29,34). The monoisotopic (exact) mass is 453 g/mol. The van der Waals surface area contributed by atoms with Crippen LogP contribution < -0.4 is 15.1 Å². The summed E-state index contributed by atoms with van der Waals surface area (Å²) in [6.07, 6.45) is 10.2. The van der Waals surface area contributed by atoms with Gasteiger partial charge in [0.05, 0.1) is 35.5 Å². The lowest BCUT2D eigenvalue weighted by atomic mass is 10.1. The molecule has 10 heteroatoms. The number of aryl methyl sites for hydroxylation is 1. The maximum atomic E-state index is 11.5. The summed E-state index contributed by atoms with van der Waals surface area (Å²) >= 11 is 0. The zero-order valence-corrected chi connectivity index (χ0v) is 18.7. The van der Waals surface area contributed by atoms with E-state index in [0.29, 0.717) is 11.3 Å². The number of piperazine rings is 1. The second-order valence-corrected chi connectivity index (χ2v) is 8.05. The molecule has 0 unspecified atom stereocenters. The molecule has 0 saturated carbocycles. The molecule has 5 rings (SSSR count). The summed E-state index contributed by atoms with van der Waals surface area (Å²) in [5.74, 6) is 0.590. The van der Waals surface area contributed by atoms with Crippen LogP contribution in [-0.2, 0) is 11.8 Å². The van der Waals surface area contributed by atoms with E-state index in [1.54, 1.807) is 21.6 Å². The molecule has 0 spiro atoms. The molecule has 1 amide bonds. The lowest BCUT2D eigenvalue weighted by molar-refractivity contribution is -0.111. The fourth-order valence-corrected chi connectivity index (χ4v) is 4.17. The van der Waals surface area contributed by atoms with Gasteiger partial charge in [0.2, 0.25) is 5.91 Å². The van der Waals surface area contributed by atoms with Gasteiger partial charge in [0, 0.05) is 56.7 Å². The molecule has 1 N–H and O–H groups in total. The van der Waals surface area contributed by atoms with Crippen molar-refractivity contribution >= 4 is 28.6 Å². The number of hydrogen-bond acceptors (Lipinski definition) is 7. The van der Waals surface area contributed by atoms with E-state index in [-0.39, 0.29) is 5.91 Å². The predicted octanol–water partition coefficient (Wildman–Crippen LogP) is 2.45. The molecular formula is C24H23N9O. The van der Waals surface area contributed by atoms with E-state index in [2.05, 4.69) is 49.0 Å². The van der Waals surface area contributed by atoms with Crippen molar-refractivity contribution in [2.75, 3.05) is 41.3 Å². The van der Waals surface area contributed by atoms with Gasteiger partial charge in [-0.25, -0.2) is 9.50 Å². The van der Waals surface area contributed by atoms with Crippen molar-refractivity contribution in [3.8, 4) is 17.2 Å². The molecule has 4 aromatic heterocycles. The largest absolute Gasteiger partial charge is 0.366 e. The predicted molar refractivity (Wildman–Crippen MR) is 130 cm³/mol. The van der Waals surface area contributed by atoms with E-state index in [0.717, 1.165) is 54.3 Å². The van der Waals surface area contributed by atoms with Gasteiger partial charge in [-0.05, 0) is 24.3 Å². The van der Waals surface area contributed by atoms with E-state index in [4.69, 9.17) is 0 Å². The lowest BCUT2D eigenvalue weighted by Crippen LogP contribution is -2.47. The van der Waals surface area contributed by atoms with Gasteiger partial charge in [-0.2, -0.15) is 15.5 Å². The Hall–Kier alpha value is -4.65. The molecule has 34 heavy (non-hydrogen) atoms. The van der Waals surface area contributed by atoms with Crippen molar-refractivity contribution < 1.29 is 4.79 Å². The Bertz CT molecular complexity index is 1400. The number of aromatic nitrogens is 5. The van der Waals surface area contributed by atoms with Crippen LogP contribution in [0, 0.1) is 11.3 Å². The third kappa shape index (κ3) is 3.95. The second kappa shape index (κ2) is 8.71. The number of rotatable bonds is 5. The number of nitriles is 1. The minimum Gasteiger partial charge on any atom is -0.366 e. The van der Waals surface area contributed by atoms with Crippen LogP contribution in [0.25, 0.3) is 16.6 Å². The minimum atomic E-state index is -0.264. The van der Waals surface area contributed by atoms with Crippen LogP contribution in [0.1, 0.15) is 5.56 Å². The molecule has 10 nitrogen and oxygen atoms in total. The maximum absolute atomic E-state index is 11.5. The van der Waals surface area contributed by atoms with Crippen molar-refractivity contribution in [2.45, 2.75) is 0 Å². The number of amides is 1. The molecule has 1 fully saturated rings. The number of nitrogens with one attached hydrogen (secondary N) is 1. The molecule has 0 aliphatic carbocycles. The van der Waals surface area contributed by atoms with Crippen LogP contribution >= 0.6 is 0 Å². The van der Waals surface area contributed by atoms with Crippen molar-refractivity contribution in [3.05, 3.63) is 67.4 Å². The summed E-state index contributed by atoms with van der Waals surface area (Å²) in [5.41, 5.74) is 4.95. The summed E-state index contributed by atoms with van der Waals surface area (Å²) < 4.78 is 3.54. The van der Waals surface area contributed by atoms with Crippen molar-refractivity contribution in [3.63, 3.8) is 0 Å². The zero-order valence-electron chi connectivity index (χ0n) is 18.7. The molecule has 170 valence electrons. The minimum absolute atomic E-state index is 0.264. The van der Waals surface area contributed by atoms with Crippen LogP contribution in [0.2, 0.25) is 0 Å². The number of nitrogens with zero attached hydrogens (tertiary/aromatic N) is 8. The highest BCUT2D eigenvalue weighted by atomic mass is 16.1. The number of pyridine rings is 2. The SMILES string of the molecule is C=CC(=O)Nc1ccc(N2CCN(c3cc(-c4cnn(C)c4)cn4ncc(C#N)c34)CC2)nc1. The first kappa shape index (κ1) is 21.2. The van der Waals surface area contributed by atoms with Crippen LogP contribution in [0.5, 0.6) is 0 Å². The van der Waals surface area contributed by atoms with E-state index in [1.165, 1.54) is 6.08 Å². The molecule has 1 aliphatic heterocycles. The Morgan fingerprint density at radius 1 is 1.09 bits per heavy atom. The van der Waals surface area contributed by atoms with Gasteiger partial charge in [0.25, 0.3) is 0 Å². The molecule has 1 saturated heterocycles. The average molecular weight is 454 g/mol. The van der Waals surface area contributed by atoms with Gasteiger partial charge < -0.3 is 15.1 Å². The Morgan fingerprint density at radius 2 is 1.88 bits per heavy atom. The topological polar surface area (TPSA) is 107 Å². The fourth-order valence-electron chi connectivity index (χ4n) is 4.17. The quantitative estimate of drug-likeness (QED) is 0.463. The summed E-state index contributed by atoms with van der Waals surface area (Å²) in [4.78, 5) is 20.5. The molecule has 0 bridgehead atoms. The highest BCUT2D eigenvalue weighted by molar-refractivity contribution is 5.98. The maximum Gasteiger partial charge on any atom is 0.247 e. The smallest absolute Gasteiger partial charge is 0.247 e. The lowest BCUT2D eigenvalue weighted by Gasteiger charge is -2.37. The number of carbonyl (C=O) groups excluding carboxylic acids is 1. The average Bonchev–Trinajstić information content (AvgIpc) is 3.50. The molecule has 1 aliphatic rings. The van der Waals surface area contributed by atoms with Crippen molar-refractivity contribution in [1.82, 2.24) is 24.4 Å². The van der Waals surface area contributed by atoms with Crippen LogP contribution in [0.15, 0.2) is 61.8 Å². The van der Waals surface area contributed by atoms with Crippen LogP contribution in [-0.4, -0.2) is 56.5 Å². The number of carbonyl (C=O) groups is 1. The molecule has 4 aromatic rings. The van der Waals surface area contributed by atoms with Gasteiger partial charge in [-0.15, -0.1) is 0 Å². The fraction of sp³-hybridized carbons (Fsp3) is 0.208. The third-order valence-corrected chi connectivity index (χ3v) is 5.90. The summed E-state index contributed by atoms with van der Waals surface area (Å²) in [6.45, 7) is 6.52. The van der Waals surface area contributed by atoms with Crippen molar-refractivity contribution in [1.29, 1.82) is 5.26 Å². The zero-order chi connectivity index (χ0) is 23.7. The van der Waals surface area contributed by atoms with Gasteiger partial charge in [-0.3, -0.25) is 9.48 Å². The van der Waals surface area contributed by atoms with E-state index >= 15 is 0 Å². The highest BCUT2D eigenvalue weighted by Crippen LogP contribution is 2.31. The van der Waals surface area contributed by atoms with Gasteiger partial charge in [0.15, 0.2) is 0 Å². The third-order valence-electron chi connectivity index (χ3n) is 5.90. The molecule has 0 radical (unpaired) electrons. The first-order valence-corrected chi connectivity index (χ1v) is 10.9. The molecule has 0 aromatic carbocycles. The number of fused-ring (bicyclic) bond motifs is 1. The Balaban J connectivity index is 1.39. The van der Waals surface area contributed by atoms with E-state index in [1.807, 2.05) is 37.8 Å². The highest BCUT2D eigenvalue weighted by Gasteiger charge is 2.23. The Kier molecular flexibility index (Phi) is 5.43. The Labute approximate surface area is 196 Å².